The van der Waals surface area contributed by atoms with Gasteiger partial charge in [0.15, 0.2) is 0 Å². The number of aliphatic hydroxyl groups is 1. The molecular weight excluding hydrogens is 224 g/mol. The van der Waals surface area contributed by atoms with Crippen LogP contribution in [-0.2, 0) is 10.4 Å². The molecular formula is C10H16N4O3. The minimum atomic E-state index is -1.04. The summed E-state index contributed by atoms with van der Waals surface area (Å²) in [6.45, 7) is 3.82. The van der Waals surface area contributed by atoms with Gasteiger partial charge in [-0.15, -0.1) is 5.10 Å². The third-order valence-corrected chi connectivity index (χ3v) is 2.95. The van der Waals surface area contributed by atoms with Crippen molar-refractivity contribution in [3.05, 3.63) is 11.9 Å². The molecule has 0 bridgehead atoms. The normalized spacial score (nSPS) is 25.1. The van der Waals surface area contributed by atoms with E-state index < -0.39 is 17.6 Å². The second-order valence-corrected chi connectivity index (χ2v) is 4.81. The SMILES string of the molecule is CC(C)(O)c1cnnn1[C@@H]1CN[C@H](C(=O)O)C1. The molecule has 1 aliphatic rings. The van der Waals surface area contributed by atoms with Crippen LogP contribution in [0.2, 0.25) is 0 Å². The second kappa shape index (κ2) is 4.08. The van der Waals surface area contributed by atoms with Gasteiger partial charge in [-0.2, -0.15) is 0 Å². The van der Waals surface area contributed by atoms with E-state index in [1.807, 2.05) is 0 Å². The molecule has 1 fully saturated rings. The van der Waals surface area contributed by atoms with Gasteiger partial charge in [-0.25, -0.2) is 4.68 Å². The maximum Gasteiger partial charge on any atom is 0.320 e. The molecule has 7 nitrogen and oxygen atoms in total. The molecule has 17 heavy (non-hydrogen) atoms. The van der Waals surface area contributed by atoms with Crippen molar-refractivity contribution in [2.45, 2.75) is 38.0 Å². The fourth-order valence-electron chi connectivity index (χ4n) is 2.04. The molecule has 1 saturated heterocycles. The first-order valence-electron chi connectivity index (χ1n) is 5.49. The maximum atomic E-state index is 10.8. The molecule has 2 rings (SSSR count). The number of carbonyl (C=O) groups is 1. The van der Waals surface area contributed by atoms with E-state index in [-0.39, 0.29) is 6.04 Å². The monoisotopic (exact) mass is 240 g/mol. The minimum Gasteiger partial charge on any atom is -0.480 e. The van der Waals surface area contributed by atoms with Gasteiger partial charge >= 0.3 is 5.97 Å². The number of aliphatic carboxylic acids is 1. The lowest BCUT2D eigenvalue weighted by atomic mass is 10.1. The molecule has 7 heteroatoms. The van der Waals surface area contributed by atoms with Gasteiger partial charge in [0.2, 0.25) is 0 Å². The summed E-state index contributed by atoms with van der Waals surface area (Å²) in [5.41, 5.74) is -0.444. The summed E-state index contributed by atoms with van der Waals surface area (Å²) in [5, 5.41) is 29.5. The number of rotatable bonds is 3. The Morgan fingerprint density at radius 1 is 1.65 bits per heavy atom. The van der Waals surface area contributed by atoms with Crippen LogP contribution in [0, 0.1) is 0 Å². The molecule has 2 heterocycles. The second-order valence-electron chi connectivity index (χ2n) is 4.81. The van der Waals surface area contributed by atoms with Crippen LogP contribution in [0.25, 0.3) is 0 Å². The van der Waals surface area contributed by atoms with E-state index in [1.165, 1.54) is 6.20 Å². The molecule has 0 unspecified atom stereocenters. The average Bonchev–Trinajstić information content (AvgIpc) is 2.85. The van der Waals surface area contributed by atoms with Gasteiger partial charge in [-0.1, -0.05) is 5.21 Å². The van der Waals surface area contributed by atoms with E-state index in [4.69, 9.17) is 5.11 Å². The summed E-state index contributed by atoms with van der Waals surface area (Å²) in [7, 11) is 0. The number of carboxylic acids is 1. The fourth-order valence-corrected chi connectivity index (χ4v) is 2.04. The number of nitrogens with zero attached hydrogens (tertiary/aromatic N) is 3. The van der Waals surface area contributed by atoms with Gasteiger partial charge < -0.3 is 15.5 Å². The highest BCUT2D eigenvalue weighted by molar-refractivity contribution is 5.73. The van der Waals surface area contributed by atoms with Crippen LogP contribution in [0.1, 0.15) is 32.0 Å². The Labute approximate surface area is 98.4 Å². The van der Waals surface area contributed by atoms with Gasteiger partial charge in [-0.3, -0.25) is 4.79 Å². The van der Waals surface area contributed by atoms with E-state index in [2.05, 4.69) is 15.6 Å². The molecule has 0 aliphatic carbocycles. The Morgan fingerprint density at radius 3 is 2.88 bits per heavy atom. The third kappa shape index (κ3) is 2.29. The molecule has 0 spiro atoms. The smallest absolute Gasteiger partial charge is 0.320 e. The number of hydrogen-bond donors (Lipinski definition) is 3. The zero-order valence-corrected chi connectivity index (χ0v) is 9.79. The minimum absolute atomic E-state index is 0.0833. The molecule has 0 radical (unpaired) electrons. The molecule has 2 atom stereocenters. The van der Waals surface area contributed by atoms with E-state index >= 15 is 0 Å². The van der Waals surface area contributed by atoms with Crippen LogP contribution in [0.5, 0.6) is 0 Å². The van der Waals surface area contributed by atoms with Crippen molar-refractivity contribution in [3.63, 3.8) is 0 Å². The first-order valence-corrected chi connectivity index (χ1v) is 5.49. The highest BCUT2D eigenvalue weighted by atomic mass is 16.4. The predicted molar refractivity (Wildman–Crippen MR) is 58.3 cm³/mol. The lowest BCUT2D eigenvalue weighted by molar-refractivity contribution is -0.139. The first-order chi connectivity index (χ1) is 7.89. The van der Waals surface area contributed by atoms with Gasteiger partial charge in [0, 0.05) is 6.54 Å². The predicted octanol–water partition coefficient (Wildman–Crippen LogP) is -0.507. The van der Waals surface area contributed by atoms with Crippen molar-refractivity contribution in [3.8, 4) is 0 Å². The van der Waals surface area contributed by atoms with E-state index in [0.29, 0.717) is 18.7 Å². The molecule has 1 aliphatic heterocycles. The van der Waals surface area contributed by atoms with Crippen LogP contribution in [0.4, 0.5) is 0 Å². The standard InChI is InChI=1S/C10H16N4O3/c1-10(2,17)8-5-12-13-14(8)6-3-7(9(15)16)11-4-6/h5-7,11,17H,3-4H2,1-2H3,(H,15,16)/t6-,7-/m0/s1. The Bertz CT molecular complexity index is 423. The summed E-state index contributed by atoms with van der Waals surface area (Å²) >= 11 is 0. The van der Waals surface area contributed by atoms with Crippen LogP contribution < -0.4 is 5.32 Å². The average molecular weight is 240 g/mol. The highest BCUT2D eigenvalue weighted by Gasteiger charge is 2.34. The molecule has 0 saturated carbocycles. The Kier molecular flexibility index (Phi) is 2.88. The zero-order valence-electron chi connectivity index (χ0n) is 9.79. The van der Waals surface area contributed by atoms with Gasteiger partial charge in [-0.05, 0) is 20.3 Å². The van der Waals surface area contributed by atoms with Crippen molar-refractivity contribution >= 4 is 5.97 Å². The van der Waals surface area contributed by atoms with Crippen molar-refractivity contribution in [1.82, 2.24) is 20.3 Å². The third-order valence-electron chi connectivity index (χ3n) is 2.95. The molecule has 0 amide bonds. The van der Waals surface area contributed by atoms with Crippen molar-refractivity contribution in [2.24, 2.45) is 0 Å². The van der Waals surface area contributed by atoms with E-state index in [0.717, 1.165) is 0 Å². The van der Waals surface area contributed by atoms with E-state index in [9.17, 15) is 9.90 Å². The van der Waals surface area contributed by atoms with Crippen molar-refractivity contribution < 1.29 is 15.0 Å². The van der Waals surface area contributed by atoms with Crippen LogP contribution in [-0.4, -0.2) is 43.8 Å². The highest BCUT2D eigenvalue weighted by Crippen LogP contribution is 2.25. The Balaban J connectivity index is 2.20. The van der Waals surface area contributed by atoms with Crippen LogP contribution >= 0.6 is 0 Å². The lowest BCUT2D eigenvalue weighted by Crippen LogP contribution is -2.30. The summed E-state index contributed by atoms with van der Waals surface area (Å²) in [6.07, 6.45) is 1.95. The Morgan fingerprint density at radius 2 is 2.35 bits per heavy atom. The summed E-state index contributed by atoms with van der Waals surface area (Å²) in [5.74, 6) is -0.863. The molecule has 1 aromatic rings. The molecule has 94 valence electrons. The lowest BCUT2D eigenvalue weighted by Gasteiger charge is -2.21. The maximum absolute atomic E-state index is 10.8. The largest absolute Gasteiger partial charge is 0.480 e. The topological polar surface area (TPSA) is 100 Å². The fraction of sp³-hybridized carbons (Fsp3) is 0.700. The molecule has 3 N–H and O–H groups in total. The van der Waals surface area contributed by atoms with Crippen LogP contribution in [0.3, 0.4) is 0 Å². The first kappa shape index (κ1) is 12.0. The Hall–Kier alpha value is -1.47. The van der Waals surface area contributed by atoms with Gasteiger partial charge in [0.1, 0.15) is 11.6 Å². The zero-order chi connectivity index (χ0) is 12.6. The number of hydrogen-bond acceptors (Lipinski definition) is 5. The summed E-state index contributed by atoms with van der Waals surface area (Å²) in [4.78, 5) is 10.8. The van der Waals surface area contributed by atoms with Gasteiger partial charge in [0.25, 0.3) is 0 Å². The molecule has 0 aromatic carbocycles. The van der Waals surface area contributed by atoms with Crippen LogP contribution in [0.15, 0.2) is 6.20 Å². The number of carboxylic acid groups (broad SMARTS) is 1. The number of nitrogens with one attached hydrogen (secondary N) is 1. The summed E-state index contributed by atoms with van der Waals surface area (Å²) in [6, 6.07) is -0.640. The molecule has 1 aromatic heterocycles. The quantitative estimate of drug-likeness (QED) is 0.658. The van der Waals surface area contributed by atoms with Crippen molar-refractivity contribution in [2.75, 3.05) is 6.54 Å². The van der Waals surface area contributed by atoms with Gasteiger partial charge in [0.05, 0.1) is 17.9 Å². The van der Waals surface area contributed by atoms with Crippen molar-refractivity contribution in [1.29, 1.82) is 0 Å². The summed E-state index contributed by atoms with van der Waals surface area (Å²) < 4.78 is 1.61. The number of aromatic nitrogens is 3. The van der Waals surface area contributed by atoms with E-state index in [1.54, 1.807) is 18.5 Å².